The van der Waals surface area contributed by atoms with Gasteiger partial charge in [-0.25, -0.2) is 8.78 Å². The molecule has 1 aliphatic rings. The third-order valence-electron chi connectivity index (χ3n) is 2.32. The summed E-state index contributed by atoms with van der Waals surface area (Å²) < 4.78 is 28.9. The van der Waals surface area contributed by atoms with Crippen molar-refractivity contribution in [3.8, 4) is 0 Å². The van der Waals surface area contributed by atoms with Crippen LogP contribution in [-0.4, -0.2) is 38.8 Å². The summed E-state index contributed by atoms with van der Waals surface area (Å²) in [6, 6.07) is -0.0310. The first-order chi connectivity index (χ1) is 6.24. The summed E-state index contributed by atoms with van der Waals surface area (Å²) in [7, 11) is 0. The van der Waals surface area contributed by atoms with Gasteiger partial charge in [-0.3, -0.25) is 0 Å². The number of hydrogen-bond acceptors (Lipinski definition) is 3. The standard InChI is InChI=1S/C8H16F2N2O/c9-8(10)4-12-7(3-11)6-1-2-13-5-6/h6-8,12H,1-5,11H2. The lowest BCUT2D eigenvalue weighted by atomic mass is 9.99. The van der Waals surface area contributed by atoms with Crippen molar-refractivity contribution < 1.29 is 13.5 Å². The highest BCUT2D eigenvalue weighted by atomic mass is 19.3. The van der Waals surface area contributed by atoms with Crippen LogP contribution in [0.25, 0.3) is 0 Å². The molecule has 3 N–H and O–H groups in total. The summed E-state index contributed by atoms with van der Waals surface area (Å²) in [5.41, 5.74) is 5.48. The summed E-state index contributed by atoms with van der Waals surface area (Å²) in [5, 5.41) is 2.76. The Kier molecular flexibility index (Phi) is 4.55. The van der Waals surface area contributed by atoms with E-state index in [0.717, 1.165) is 13.0 Å². The molecule has 0 aliphatic carbocycles. The maximum absolute atomic E-state index is 11.9. The number of nitrogens with one attached hydrogen (secondary N) is 1. The molecule has 0 amide bonds. The van der Waals surface area contributed by atoms with E-state index in [1.807, 2.05) is 0 Å². The van der Waals surface area contributed by atoms with Gasteiger partial charge in [0, 0.05) is 25.1 Å². The molecule has 78 valence electrons. The molecule has 0 saturated carbocycles. The Labute approximate surface area is 76.6 Å². The highest BCUT2D eigenvalue weighted by Crippen LogP contribution is 2.16. The Hall–Kier alpha value is -0.260. The van der Waals surface area contributed by atoms with Gasteiger partial charge in [-0.15, -0.1) is 0 Å². The van der Waals surface area contributed by atoms with Crippen LogP contribution >= 0.6 is 0 Å². The minimum absolute atomic E-state index is 0.0310. The molecule has 0 aromatic carbocycles. The SMILES string of the molecule is NCC(NCC(F)F)C1CCOC1. The third kappa shape index (κ3) is 3.54. The normalized spacial score (nSPS) is 25.4. The number of halogens is 2. The topological polar surface area (TPSA) is 47.3 Å². The lowest BCUT2D eigenvalue weighted by Crippen LogP contribution is -2.44. The van der Waals surface area contributed by atoms with Crippen molar-refractivity contribution in [3.05, 3.63) is 0 Å². The van der Waals surface area contributed by atoms with Gasteiger partial charge in [0.15, 0.2) is 0 Å². The third-order valence-corrected chi connectivity index (χ3v) is 2.32. The lowest BCUT2D eigenvalue weighted by molar-refractivity contribution is 0.132. The van der Waals surface area contributed by atoms with Crippen molar-refractivity contribution in [2.24, 2.45) is 11.7 Å². The van der Waals surface area contributed by atoms with Crippen LogP contribution < -0.4 is 11.1 Å². The molecule has 1 fully saturated rings. The number of hydrogen-bond donors (Lipinski definition) is 2. The fourth-order valence-electron chi connectivity index (χ4n) is 1.55. The Balaban J connectivity index is 2.24. The average Bonchev–Trinajstić information content (AvgIpc) is 2.58. The predicted octanol–water partition coefficient (Wildman–Crippen LogP) is 0.205. The van der Waals surface area contributed by atoms with Crippen molar-refractivity contribution in [2.45, 2.75) is 18.9 Å². The maximum Gasteiger partial charge on any atom is 0.250 e. The van der Waals surface area contributed by atoms with Gasteiger partial charge in [0.05, 0.1) is 13.2 Å². The van der Waals surface area contributed by atoms with Crippen molar-refractivity contribution >= 4 is 0 Å². The molecule has 1 rings (SSSR count). The Morgan fingerprint density at radius 1 is 1.54 bits per heavy atom. The second-order valence-electron chi connectivity index (χ2n) is 3.27. The van der Waals surface area contributed by atoms with E-state index in [9.17, 15) is 8.78 Å². The van der Waals surface area contributed by atoms with Gasteiger partial charge in [0.25, 0.3) is 6.43 Å². The molecule has 13 heavy (non-hydrogen) atoms. The molecule has 1 aliphatic heterocycles. The molecule has 0 spiro atoms. The fourth-order valence-corrected chi connectivity index (χ4v) is 1.55. The zero-order valence-electron chi connectivity index (χ0n) is 7.51. The van der Waals surface area contributed by atoms with Gasteiger partial charge in [-0.05, 0) is 6.42 Å². The molecule has 1 heterocycles. The lowest BCUT2D eigenvalue weighted by Gasteiger charge is -2.21. The van der Waals surface area contributed by atoms with Crippen LogP contribution in [0.15, 0.2) is 0 Å². The van der Waals surface area contributed by atoms with Crippen LogP contribution in [0.1, 0.15) is 6.42 Å². The largest absolute Gasteiger partial charge is 0.381 e. The van der Waals surface area contributed by atoms with Crippen LogP contribution in [0.3, 0.4) is 0 Å². The summed E-state index contributed by atoms with van der Waals surface area (Å²) in [6.07, 6.45) is -1.39. The summed E-state index contributed by atoms with van der Waals surface area (Å²) in [5.74, 6) is 0.295. The van der Waals surface area contributed by atoms with Gasteiger partial charge in [-0.1, -0.05) is 0 Å². The molecule has 0 aromatic rings. The second kappa shape index (κ2) is 5.47. The molecule has 1 saturated heterocycles. The van der Waals surface area contributed by atoms with E-state index in [0.29, 0.717) is 19.1 Å². The first-order valence-electron chi connectivity index (χ1n) is 4.53. The molecule has 3 nitrogen and oxygen atoms in total. The van der Waals surface area contributed by atoms with E-state index in [-0.39, 0.29) is 12.6 Å². The molecule has 0 radical (unpaired) electrons. The summed E-state index contributed by atoms with van der Waals surface area (Å²) in [6.45, 7) is 1.47. The molecule has 5 heteroatoms. The van der Waals surface area contributed by atoms with Crippen molar-refractivity contribution in [1.29, 1.82) is 0 Å². The van der Waals surface area contributed by atoms with E-state index >= 15 is 0 Å². The first kappa shape index (κ1) is 10.8. The maximum atomic E-state index is 11.9. The van der Waals surface area contributed by atoms with Gasteiger partial charge in [0.2, 0.25) is 0 Å². The van der Waals surface area contributed by atoms with Gasteiger partial charge in [0.1, 0.15) is 0 Å². The zero-order valence-corrected chi connectivity index (χ0v) is 7.51. The number of alkyl halides is 2. The van der Waals surface area contributed by atoms with E-state index in [4.69, 9.17) is 10.5 Å². The highest BCUT2D eigenvalue weighted by Gasteiger charge is 2.24. The molecule has 0 aromatic heterocycles. The predicted molar refractivity (Wildman–Crippen MR) is 45.8 cm³/mol. The van der Waals surface area contributed by atoms with Crippen molar-refractivity contribution in [2.75, 3.05) is 26.3 Å². The Morgan fingerprint density at radius 2 is 2.31 bits per heavy atom. The van der Waals surface area contributed by atoms with Crippen LogP contribution in [0.4, 0.5) is 8.78 Å². The van der Waals surface area contributed by atoms with E-state index < -0.39 is 6.43 Å². The first-order valence-corrected chi connectivity index (χ1v) is 4.53. The quantitative estimate of drug-likeness (QED) is 0.657. The van der Waals surface area contributed by atoms with E-state index in [1.54, 1.807) is 0 Å². The average molecular weight is 194 g/mol. The van der Waals surface area contributed by atoms with Crippen LogP contribution in [0.5, 0.6) is 0 Å². The summed E-state index contributed by atoms with van der Waals surface area (Å²) in [4.78, 5) is 0. The number of rotatable bonds is 5. The molecule has 0 bridgehead atoms. The fraction of sp³-hybridized carbons (Fsp3) is 1.00. The molecular weight excluding hydrogens is 178 g/mol. The van der Waals surface area contributed by atoms with Crippen LogP contribution in [0.2, 0.25) is 0 Å². The zero-order chi connectivity index (χ0) is 9.68. The summed E-state index contributed by atoms with van der Waals surface area (Å²) >= 11 is 0. The molecular formula is C8H16F2N2O. The highest BCUT2D eigenvalue weighted by molar-refractivity contribution is 4.80. The Morgan fingerprint density at radius 3 is 2.77 bits per heavy atom. The van der Waals surface area contributed by atoms with Gasteiger partial charge < -0.3 is 15.8 Å². The van der Waals surface area contributed by atoms with E-state index in [2.05, 4.69) is 5.32 Å². The molecule has 2 unspecified atom stereocenters. The van der Waals surface area contributed by atoms with Crippen molar-refractivity contribution in [3.63, 3.8) is 0 Å². The minimum Gasteiger partial charge on any atom is -0.381 e. The number of ether oxygens (including phenoxy) is 1. The minimum atomic E-state index is -2.31. The van der Waals surface area contributed by atoms with Crippen LogP contribution in [0, 0.1) is 5.92 Å². The van der Waals surface area contributed by atoms with Gasteiger partial charge >= 0.3 is 0 Å². The van der Waals surface area contributed by atoms with Crippen molar-refractivity contribution in [1.82, 2.24) is 5.32 Å². The number of nitrogens with two attached hydrogens (primary N) is 1. The van der Waals surface area contributed by atoms with Gasteiger partial charge in [-0.2, -0.15) is 0 Å². The Bertz CT molecular complexity index is 140. The van der Waals surface area contributed by atoms with E-state index in [1.165, 1.54) is 0 Å². The van der Waals surface area contributed by atoms with Crippen LogP contribution in [-0.2, 0) is 4.74 Å². The second-order valence-corrected chi connectivity index (χ2v) is 3.27. The molecule has 2 atom stereocenters. The smallest absolute Gasteiger partial charge is 0.250 e. The monoisotopic (exact) mass is 194 g/mol.